The molecule has 0 bridgehead atoms. The Kier molecular flexibility index (Phi) is 2.94. The molecule has 1 aromatic rings. The highest BCUT2D eigenvalue weighted by Crippen LogP contribution is 2.37. The summed E-state index contributed by atoms with van der Waals surface area (Å²) in [5.74, 6) is 1.04. The normalized spacial score (nSPS) is 21.0. The number of ether oxygens (including phenoxy) is 1. The van der Waals surface area contributed by atoms with Gasteiger partial charge >= 0.3 is 0 Å². The maximum atomic E-state index is 6.30. The molecule has 0 saturated carbocycles. The van der Waals surface area contributed by atoms with E-state index < -0.39 is 0 Å². The molecule has 1 aromatic carbocycles. The largest absolute Gasteiger partial charge is 0.482 e. The Morgan fingerprint density at radius 2 is 1.89 bits per heavy atom. The first-order valence-electron chi connectivity index (χ1n) is 7.22. The molecule has 1 spiro atoms. The summed E-state index contributed by atoms with van der Waals surface area (Å²) in [5.41, 5.74) is 2.70. The van der Waals surface area contributed by atoms with Crippen molar-refractivity contribution in [2.24, 2.45) is 0 Å². The first-order chi connectivity index (χ1) is 8.99. The van der Waals surface area contributed by atoms with Crippen molar-refractivity contribution in [2.75, 3.05) is 13.1 Å². The monoisotopic (exact) mass is 257 g/mol. The van der Waals surface area contributed by atoms with Gasteiger partial charge in [0.15, 0.2) is 0 Å². The van der Waals surface area contributed by atoms with Crippen molar-refractivity contribution in [3.63, 3.8) is 0 Å². The van der Waals surface area contributed by atoms with E-state index >= 15 is 0 Å². The van der Waals surface area contributed by atoms with E-state index in [1.807, 2.05) is 0 Å². The average molecular weight is 257 g/mol. The molecule has 2 heteroatoms. The fraction of sp³-hybridized carbons (Fsp3) is 0.529. The van der Waals surface area contributed by atoms with E-state index in [9.17, 15) is 0 Å². The maximum absolute atomic E-state index is 6.30. The van der Waals surface area contributed by atoms with Crippen molar-refractivity contribution in [3.05, 3.63) is 35.4 Å². The third-order valence-electron chi connectivity index (χ3n) is 4.21. The molecule has 2 aliphatic heterocycles. The topological polar surface area (TPSA) is 21.3 Å². The lowest BCUT2D eigenvalue weighted by Crippen LogP contribution is -2.45. The quantitative estimate of drug-likeness (QED) is 0.768. The molecule has 2 heterocycles. The molecule has 2 nitrogen and oxygen atoms in total. The Labute approximate surface area is 115 Å². The summed E-state index contributed by atoms with van der Waals surface area (Å²) in [6, 6.07) is 6.61. The number of fused-ring (bicyclic) bond motifs is 1. The molecule has 1 fully saturated rings. The zero-order valence-corrected chi connectivity index (χ0v) is 12.1. The van der Waals surface area contributed by atoms with E-state index in [0.29, 0.717) is 0 Å². The number of benzene rings is 1. The minimum Gasteiger partial charge on any atom is -0.482 e. The van der Waals surface area contributed by atoms with Gasteiger partial charge in [-0.1, -0.05) is 32.9 Å². The molecule has 0 amide bonds. The Morgan fingerprint density at radius 3 is 2.58 bits per heavy atom. The summed E-state index contributed by atoms with van der Waals surface area (Å²) in [4.78, 5) is 0. The number of hydrogen-bond acceptors (Lipinski definition) is 2. The summed E-state index contributed by atoms with van der Waals surface area (Å²) < 4.78 is 6.30. The van der Waals surface area contributed by atoms with Gasteiger partial charge in [-0.3, -0.25) is 0 Å². The molecule has 102 valence electrons. The maximum Gasteiger partial charge on any atom is 0.130 e. The molecular formula is C17H23NO. The highest BCUT2D eigenvalue weighted by molar-refractivity contribution is 5.62. The fourth-order valence-electron chi connectivity index (χ4n) is 2.85. The highest BCUT2D eigenvalue weighted by atomic mass is 16.5. The lowest BCUT2D eigenvalue weighted by Gasteiger charge is -2.38. The Balaban J connectivity index is 1.92. The average Bonchev–Trinajstić information content (AvgIpc) is 2.38. The molecule has 19 heavy (non-hydrogen) atoms. The molecule has 0 aromatic heterocycles. The minimum atomic E-state index is -0.0680. The van der Waals surface area contributed by atoms with Crippen molar-refractivity contribution < 1.29 is 4.74 Å². The van der Waals surface area contributed by atoms with Crippen LogP contribution in [0.1, 0.15) is 44.7 Å². The van der Waals surface area contributed by atoms with Crippen molar-refractivity contribution >= 4 is 6.08 Å². The van der Waals surface area contributed by atoms with Crippen LogP contribution in [0.25, 0.3) is 6.08 Å². The third-order valence-corrected chi connectivity index (χ3v) is 4.21. The molecule has 1 saturated heterocycles. The van der Waals surface area contributed by atoms with Crippen LogP contribution >= 0.6 is 0 Å². The van der Waals surface area contributed by atoms with Crippen molar-refractivity contribution in [3.8, 4) is 5.75 Å². The summed E-state index contributed by atoms with van der Waals surface area (Å²) in [5, 5.41) is 3.40. The lowest BCUT2D eigenvalue weighted by atomic mass is 9.84. The third kappa shape index (κ3) is 2.42. The second-order valence-electron chi connectivity index (χ2n) is 6.75. The Hall–Kier alpha value is -1.28. The fourth-order valence-corrected chi connectivity index (χ4v) is 2.85. The van der Waals surface area contributed by atoms with Gasteiger partial charge < -0.3 is 10.1 Å². The smallest absolute Gasteiger partial charge is 0.130 e. The molecule has 1 N–H and O–H groups in total. The van der Waals surface area contributed by atoms with Crippen LogP contribution in [0.2, 0.25) is 0 Å². The van der Waals surface area contributed by atoms with Crippen LogP contribution < -0.4 is 10.1 Å². The Morgan fingerprint density at radius 1 is 1.16 bits per heavy atom. The molecule has 0 atom stereocenters. The van der Waals surface area contributed by atoms with Gasteiger partial charge in [-0.05, 0) is 42.3 Å². The predicted octanol–water partition coefficient (Wildman–Crippen LogP) is 3.51. The molecule has 2 aliphatic rings. The minimum absolute atomic E-state index is 0.0680. The summed E-state index contributed by atoms with van der Waals surface area (Å²) in [7, 11) is 0. The van der Waals surface area contributed by atoms with Gasteiger partial charge in [0.25, 0.3) is 0 Å². The summed E-state index contributed by atoms with van der Waals surface area (Å²) in [6.07, 6.45) is 6.63. The SMILES string of the molecule is CC(C)(C)c1ccc2c(c1)C=CC1(CCNCC1)O2. The van der Waals surface area contributed by atoms with Gasteiger partial charge in [-0.2, -0.15) is 0 Å². The van der Waals surface area contributed by atoms with Crippen LogP contribution in [-0.4, -0.2) is 18.7 Å². The van der Waals surface area contributed by atoms with E-state index in [4.69, 9.17) is 4.74 Å². The summed E-state index contributed by atoms with van der Waals surface area (Å²) >= 11 is 0. The number of nitrogens with one attached hydrogen (secondary N) is 1. The van der Waals surface area contributed by atoms with E-state index in [1.165, 1.54) is 11.1 Å². The second kappa shape index (κ2) is 4.38. The van der Waals surface area contributed by atoms with Crippen LogP contribution in [-0.2, 0) is 5.41 Å². The van der Waals surface area contributed by atoms with Gasteiger partial charge in [-0.25, -0.2) is 0 Å². The zero-order chi connectivity index (χ0) is 13.5. The van der Waals surface area contributed by atoms with Gasteiger partial charge in [0, 0.05) is 18.4 Å². The van der Waals surface area contributed by atoms with Crippen LogP contribution in [0.4, 0.5) is 0 Å². The van der Waals surface area contributed by atoms with Crippen LogP contribution in [0.3, 0.4) is 0 Å². The van der Waals surface area contributed by atoms with E-state index in [0.717, 1.165) is 31.7 Å². The van der Waals surface area contributed by atoms with Crippen LogP contribution in [0, 0.1) is 0 Å². The lowest BCUT2D eigenvalue weighted by molar-refractivity contribution is 0.0823. The highest BCUT2D eigenvalue weighted by Gasteiger charge is 2.34. The number of hydrogen-bond donors (Lipinski definition) is 1. The first-order valence-corrected chi connectivity index (χ1v) is 7.22. The number of rotatable bonds is 0. The second-order valence-corrected chi connectivity index (χ2v) is 6.75. The van der Waals surface area contributed by atoms with Crippen molar-refractivity contribution in [2.45, 2.75) is 44.6 Å². The van der Waals surface area contributed by atoms with Gasteiger partial charge in [0.2, 0.25) is 0 Å². The number of piperidine rings is 1. The standard InChI is InChI=1S/C17H23NO/c1-16(2,3)14-4-5-15-13(12-14)6-7-17(19-15)8-10-18-11-9-17/h4-7,12,18H,8-11H2,1-3H3. The van der Waals surface area contributed by atoms with E-state index in [2.05, 4.69) is 56.4 Å². The first kappa shape index (κ1) is 12.7. The molecule has 0 aliphatic carbocycles. The van der Waals surface area contributed by atoms with E-state index in [-0.39, 0.29) is 11.0 Å². The van der Waals surface area contributed by atoms with E-state index in [1.54, 1.807) is 0 Å². The van der Waals surface area contributed by atoms with Crippen LogP contribution in [0.5, 0.6) is 5.75 Å². The molecule has 0 unspecified atom stereocenters. The zero-order valence-electron chi connectivity index (χ0n) is 12.1. The van der Waals surface area contributed by atoms with Gasteiger partial charge in [-0.15, -0.1) is 0 Å². The summed E-state index contributed by atoms with van der Waals surface area (Å²) in [6.45, 7) is 8.82. The van der Waals surface area contributed by atoms with Gasteiger partial charge in [0.05, 0.1) is 0 Å². The van der Waals surface area contributed by atoms with Crippen molar-refractivity contribution in [1.82, 2.24) is 5.32 Å². The van der Waals surface area contributed by atoms with Crippen LogP contribution in [0.15, 0.2) is 24.3 Å². The Bertz CT molecular complexity index is 504. The molecule has 3 rings (SSSR count). The molecule has 0 radical (unpaired) electrons. The molecular weight excluding hydrogens is 234 g/mol. The van der Waals surface area contributed by atoms with Gasteiger partial charge in [0.1, 0.15) is 11.4 Å². The predicted molar refractivity (Wildman–Crippen MR) is 79.6 cm³/mol. The van der Waals surface area contributed by atoms with Crippen molar-refractivity contribution in [1.29, 1.82) is 0 Å².